The molecule has 1 aliphatic heterocycles. The summed E-state index contributed by atoms with van der Waals surface area (Å²) in [5.74, 6) is 4.25. The van der Waals surface area contributed by atoms with Crippen LogP contribution < -0.4 is 9.47 Å². The molecule has 0 radical (unpaired) electrons. The molecule has 3 aliphatic rings. The molecule has 4 nitrogen and oxygen atoms in total. The molecule has 31 heavy (non-hydrogen) atoms. The summed E-state index contributed by atoms with van der Waals surface area (Å²) in [4.78, 5) is 5.26. The van der Waals surface area contributed by atoms with Crippen molar-refractivity contribution in [2.75, 3.05) is 39.8 Å². The third-order valence-electron chi connectivity index (χ3n) is 7.25. The van der Waals surface area contributed by atoms with E-state index in [1.807, 2.05) is 24.3 Å². The zero-order valence-electron chi connectivity index (χ0n) is 18.6. The highest BCUT2D eigenvalue weighted by Crippen LogP contribution is 2.43. The van der Waals surface area contributed by atoms with Gasteiger partial charge in [-0.3, -0.25) is 4.90 Å². The van der Waals surface area contributed by atoms with Crippen LogP contribution in [0.4, 0.5) is 0 Å². The van der Waals surface area contributed by atoms with Crippen molar-refractivity contribution >= 4 is 0 Å². The maximum Gasteiger partial charge on any atom is 0.161 e. The molecule has 1 heterocycles. The maximum atomic E-state index is 6.10. The van der Waals surface area contributed by atoms with Gasteiger partial charge in [0.05, 0.1) is 7.11 Å². The highest BCUT2D eigenvalue weighted by Gasteiger charge is 2.36. The summed E-state index contributed by atoms with van der Waals surface area (Å²) >= 11 is 0. The first-order valence-corrected chi connectivity index (χ1v) is 11.7. The summed E-state index contributed by atoms with van der Waals surface area (Å²) in [6.45, 7) is 7.47. The fourth-order valence-electron chi connectivity index (χ4n) is 5.49. The van der Waals surface area contributed by atoms with Crippen molar-refractivity contribution in [3.05, 3.63) is 71.8 Å². The number of allylic oxidation sites excluding steroid dienone is 2. The molecule has 4 heteroatoms. The van der Waals surface area contributed by atoms with Crippen molar-refractivity contribution in [3.8, 4) is 11.5 Å². The second kappa shape index (κ2) is 9.46. The number of nitrogens with zero attached hydrogens (tertiary/aromatic N) is 2. The molecule has 0 unspecified atom stereocenters. The van der Waals surface area contributed by atoms with Crippen LogP contribution in [-0.2, 0) is 13.2 Å². The van der Waals surface area contributed by atoms with Gasteiger partial charge in [0.2, 0.25) is 0 Å². The van der Waals surface area contributed by atoms with Gasteiger partial charge in [-0.15, -0.1) is 0 Å². The second-order valence-corrected chi connectivity index (χ2v) is 9.38. The minimum atomic E-state index is 0.553. The van der Waals surface area contributed by atoms with Gasteiger partial charge in [-0.25, -0.2) is 0 Å². The minimum Gasteiger partial charge on any atom is -0.493 e. The quantitative estimate of drug-likeness (QED) is 0.585. The van der Waals surface area contributed by atoms with Crippen LogP contribution in [-0.4, -0.2) is 49.6 Å². The van der Waals surface area contributed by atoms with Crippen LogP contribution in [0, 0.1) is 17.8 Å². The number of methoxy groups -OCH3 is 1. The van der Waals surface area contributed by atoms with E-state index in [-0.39, 0.29) is 0 Å². The van der Waals surface area contributed by atoms with Gasteiger partial charge in [0.15, 0.2) is 11.5 Å². The Morgan fingerprint density at radius 1 is 0.839 bits per heavy atom. The van der Waals surface area contributed by atoms with Crippen molar-refractivity contribution < 1.29 is 9.47 Å². The summed E-state index contributed by atoms with van der Waals surface area (Å²) in [5, 5.41) is 0. The number of piperazine rings is 1. The van der Waals surface area contributed by atoms with Gasteiger partial charge in [-0.05, 0) is 53.9 Å². The molecule has 1 saturated carbocycles. The highest BCUT2D eigenvalue weighted by atomic mass is 16.5. The van der Waals surface area contributed by atoms with Crippen molar-refractivity contribution in [2.45, 2.75) is 26.0 Å². The fraction of sp³-hybridized carbons (Fsp3) is 0.481. The molecule has 1 saturated heterocycles. The minimum absolute atomic E-state index is 0.553. The monoisotopic (exact) mass is 418 g/mol. The SMILES string of the molecule is COc1ccc(CN2CCN(C[C@@H]3C[C@H]4C=C[C@H]3C4)CC2)cc1OCc1ccccc1. The molecule has 2 fully saturated rings. The van der Waals surface area contributed by atoms with Crippen molar-refractivity contribution in [1.82, 2.24) is 9.80 Å². The van der Waals surface area contributed by atoms with Crippen LogP contribution in [0.3, 0.4) is 0 Å². The third kappa shape index (κ3) is 4.97. The standard InChI is InChI=1S/C27H34N2O2/c1-30-26-10-8-23(17-27(26)31-20-21-5-3-2-4-6-21)18-28-11-13-29(14-12-28)19-25-16-22-7-9-24(25)15-22/h2-10,17,22,24-25H,11-16,18-20H2,1H3/t22-,24-,25-/m0/s1. The van der Waals surface area contributed by atoms with Gasteiger partial charge in [0.1, 0.15) is 6.61 Å². The zero-order valence-corrected chi connectivity index (χ0v) is 18.6. The smallest absolute Gasteiger partial charge is 0.161 e. The second-order valence-electron chi connectivity index (χ2n) is 9.38. The number of hydrogen-bond donors (Lipinski definition) is 0. The van der Waals surface area contributed by atoms with Crippen molar-refractivity contribution in [2.24, 2.45) is 17.8 Å². The number of benzene rings is 2. The Morgan fingerprint density at radius 2 is 1.65 bits per heavy atom. The maximum absolute atomic E-state index is 6.10. The number of fused-ring (bicyclic) bond motifs is 2. The lowest BCUT2D eigenvalue weighted by Gasteiger charge is -2.37. The van der Waals surface area contributed by atoms with Gasteiger partial charge >= 0.3 is 0 Å². The molecular formula is C27H34N2O2. The molecule has 5 rings (SSSR count). The Labute approximate surface area is 186 Å². The lowest BCUT2D eigenvalue weighted by atomic mass is 9.93. The van der Waals surface area contributed by atoms with Gasteiger partial charge in [-0.1, -0.05) is 48.6 Å². The Hall–Kier alpha value is -2.30. The summed E-state index contributed by atoms with van der Waals surface area (Å²) in [5.41, 5.74) is 2.45. The molecule has 3 atom stereocenters. The predicted octanol–water partition coefficient (Wildman–Crippen LogP) is 4.60. The average molecular weight is 419 g/mol. The normalized spacial score (nSPS) is 25.8. The van der Waals surface area contributed by atoms with E-state index < -0.39 is 0 Å². The number of ether oxygens (including phenoxy) is 2. The Balaban J connectivity index is 1.13. The summed E-state index contributed by atoms with van der Waals surface area (Å²) in [7, 11) is 1.70. The first-order valence-electron chi connectivity index (χ1n) is 11.7. The van der Waals surface area contributed by atoms with E-state index in [1.54, 1.807) is 7.11 Å². The largest absolute Gasteiger partial charge is 0.493 e. The molecule has 2 aromatic rings. The van der Waals surface area contributed by atoms with E-state index in [1.165, 1.54) is 38.0 Å². The highest BCUT2D eigenvalue weighted by molar-refractivity contribution is 5.43. The molecular weight excluding hydrogens is 384 g/mol. The van der Waals surface area contributed by atoms with Crippen molar-refractivity contribution in [1.29, 1.82) is 0 Å². The van der Waals surface area contributed by atoms with E-state index in [2.05, 4.69) is 46.2 Å². The molecule has 2 aliphatic carbocycles. The molecule has 2 aromatic carbocycles. The lowest BCUT2D eigenvalue weighted by molar-refractivity contribution is 0.108. The van der Waals surface area contributed by atoms with Crippen molar-refractivity contribution in [3.63, 3.8) is 0 Å². The lowest BCUT2D eigenvalue weighted by Crippen LogP contribution is -2.47. The first-order chi connectivity index (χ1) is 15.3. The van der Waals surface area contributed by atoms with Crippen LogP contribution in [0.25, 0.3) is 0 Å². The summed E-state index contributed by atoms with van der Waals surface area (Å²) in [6.07, 6.45) is 7.76. The first kappa shape index (κ1) is 20.6. The Bertz CT molecular complexity index is 889. The molecule has 0 spiro atoms. The fourth-order valence-corrected chi connectivity index (χ4v) is 5.49. The van der Waals surface area contributed by atoms with Crippen LogP contribution in [0.2, 0.25) is 0 Å². The average Bonchev–Trinajstić information content (AvgIpc) is 3.43. The number of hydrogen-bond acceptors (Lipinski definition) is 4. The number of rotatable bonds is 8. The molecule has 0 aromatic heterocycles. The van der Waals surface area contributed by atoms with Crippen LogP contribution in [0.1, 0.15) is 24.0 Å². The van der Waals surface area contributed by atoms with E-state index >= 15 is 0 Å². The summed E-state index contributed by atoms with van der Waals surface area (Å²) < 4.78 is 11.6. The molecule has 0 N–H and O–H groups in total. The van der Waals surface area contributed by atoms with Gasteiger partial charge in [-0.2, -0.15) is 0 Å². The third-order valence-corrected chi connectivity index (χ3v) is 7.25. The molecule has 0 amide bonds. The van der Waals surface area contributed by atoms with E-state index in [0.717, 1.165) is 54.5 Å². The van der Waals surface area contributed by atoms with E-state index in [4.69, 9.17) is 9.47 Å². The van der Waals surface area contributed by atoms with Crippen LogP contribution in [0.15, 0.2) is 60.7 Å². The Kier molecular flexibility index (Phi) is 6.28. The topological polar surface area (TPSA) is 24.9 Å². The predicted molar refractivity (Wildman–Crippen MR) is 124 cm³/mol. The van der Waals surface area contributed by atoms with Gasteiger partial charge < -0.3 is 14.4 Å². The van der Waals surface area contributed by atoms with E-state index in [9.17, 15) is 0 Å². The van der Waals surface area contributed by atoms with Gasteiger partial charge in [0.25, 0.3) is 0 Å². The summed E-state index contributed by atoms with van der Waals surface area (Å²) in [6, 6.07) is 16.6. The van der Waals surface area contributed by atoms with Gasteiger partial charge in [0, 0.05) is 39.3 Å². The Morgan fingerprint density at radius 3 is 2.35 bits per heavy atom. The van der Waals surface area contributed by atoms with Crippen LogP contribution >= 0.6 is 0 Å². The molecule has 164 valence electrons. The zero-order chi connectivity index (χ0) is 21.0. The van der Waals surface area contributed by atoms with Crippen LogP contribution in [0.5, 0.6) is 11.5 Å². The molecule has 2 bridgehead atoms. The van der Waals surface area contributed by atoms with E-state index in [0.29, 0.717) is 6.61 Å².